The largest absolute Gasteiger partial charge is 0.359 e. The van der Waals surface area contributed by atoms with Gasteiger partial charge in [-0.15, -0.1) is 23.5 Å². The molecule has 5 aliphatic rings. The minimum Gasteiger partial charge on any atom is -0.359 e. The van der Waals surface area contributed by atoms with E-state index in [9.17, 15) is 0 Å². The monoisotopic (exact) mass is 368 g/mol. The van der Waals surface area contributed by atoms with Crippen molar-refractivity contribution in [3.05, 3.63) is 0 Å². The Morgan fingerprint density at radius 2 is 1.00 bits per heavy atom. The normalized spacial score (nSPS) is 54.5. The highest BCUT2D eigenvalue weighted by molar-refractivity contribution is 8.03. The molecule has 4 heteroatoms. The Kier molecular flexibility index (Phi) is 3.57. The first kappa shape index (κ1) is 16.8. The summed E-state index contributed by atoms with van der Waals surface area (Å²) >= 11 is 4.35. The molecule has 24 heavy (non-hydrogen) atoms. The number of fused-ring (bicyclic) bond motifs is 2. The third-order valence-electron chi connectivity index (χ3n) is 7.84. The van der Waals surface area contributed by atoms with E-state index < -0.39 is 0 Å². The standard InChI is InChI=1S/C20H32O2S2/c1-17(2)19(21-13-9-5-7-11-15(13)23-19)18(3,4)20(17)22-14-10-6-8-12-16(14)24-20/h13-16H,5-12H2,1-4H3/t13-,14-,15-,16-,19?,20?/m0/s1. The van der Waals surface area contributed by atoms with Gasteiger partial charge in [-0.3, -0.25) is 0 Å². The van der Waals surface area contributed by atoms with E-state index in [4.69, 9.17) is 9.47 Å². The van der Waals surface area contributed by atoms with Crippen molar-refractivity contribution in [2.45, 2.75) is 112 Å². The van der Waals surface area contributed by atoms with Gasteiger partial charge in [0, 0.05) is 21.3 Å². The molecular weight excluding hydrogens is 336 g/mol. The molecule has 0 bridgehead atoms. The van der Waals surface area contributed by atoms with Crippen LogP contribution in [-0.4, -0.2) is 32.6 Å². The molecule has 3 saturated carbocycles. The van der Waals surface area contributed by atoms with E-state index in [1.807, 2.05) is 0 Å². The zero-order valence-electron chi connectivity index (χ0n) is 15.6. The Bertz CT molecular complexity index is 452. The summed E-state index contributed by atoms with van der Waals surface area (Å²) < 4.78 is 13.9. The van der Waals surface area contributed by atoms with E-state index in [1.165, 1.54) is 51.4 Å². The summed E-state index contributed by atoms with van der Waals surface area (Å²) in [5, 5.41) is 1.42. The van der Waals surface area contributed by atoms with E-state index in [-0.39, 0.29) is 20.7 Å². The number of thioether (sulfide) groups is 2. The molecule has 3 aliphatic carbocycles. The minimum absolute atomic E-state index is 0.0630. The lowest BCUT2D eigenvalue weighted by atomic mass is 9.49. The summed E-state index contributed by atoms with van der Waals surface area (Å²) in [5.41, 5.74) is 0.126. The van der Waals surface area contributed by atoms with Crippen LogP contribution in [0.2, 0.25) is 0 Å². The van der Waals surface area contributed by atoms with Gasteiger partial charge in [0.25, 0.3) is 0 Å². The fourth-order valence-corrected chi connectivity index (χ4v) is 11.0. The van der Waals surface area contributed by atoms with Crippen molar-refractivity contribution >= 4 is 23.5 Å². The lowest BCUT2D eigenvalue weighted by Crippen LogP contribution is -2.81. The zero-order valence-corrected chi connectivity index (χ0v) is 17.2. The van der Waals surface area contributed by atoms with Crippen molar-refractivity contribution in [2.24, 2.45) is 10.8 Å². The quantitative estimate of drug-likeness (QED) is 0.554. The second-order valence-corrected chi connectivity index (χ2v) is 12.5. The van der Waals surface area contributed by atoms with Gasteiger partial charge in [-0.25, -0.2) is 0 Å². The zero-order chi connectivity index (χ0) is 16.8. The minimum atomic E-state index is -0.0693. The van der Waals surface area contributed by atoms with Gasteiger partial charge in [-0.2, -0.15) is 0 Å². The Labute approximate surface area is 155 Å². The molecule has 0 unspecified atom stereocenters. The molecule has 0 aromatic heterocycles. The average molecular weight is 369 g/mol. The smallest absolute Gasteiger partial charge is 0.131 e. The predicted octanol–water partition coefficient (Wildman–Crippen LogP) is 5.59. The maximum absolute atomic E-state index is 6.93. The molecule has 0 amide bonds. The molecule has 2 heterocycles. The van der Waals surface area contributed by atoms with E-state index in [1.54, 1.807) is 0 Å². The summed E-state index contributed by atoms with van der Waals surface area (Å²) in [6.07, 6.45) is 11.6. The molecule has 2 nitrogen and oxygen atoms in total. The van der Waals surface area contributed by atoms with Crippen LogP contribution in [-0.2, 0) is 9.47 Å². The molecule has 2 spiro atoms. The van der Waals surface area contributed by atoms with Gasteiger partial charge < -0.3 is 9.47 Å². The van der Waals surface area contributed by atoms with Crippen LogP contribution >= 0.6 is 23.5 Å². The molecule has 5 fully saturated rings. The van der Waals surface area contributed by atoms with Gasteiger partial charge in [0.2, 0.25) is 0 Å². The third-order valence-corrected chi connectivity index (χ3v) is 12.4. The van der Waals surface area contributed by atoms with E-state index in [0.29, 0.717) is 22.7 Å². The van der Waals surface area contributed by atoms with Crippen molar-refractivity contribution in [1.29, 1.82) is 0 Å². The van der Waals surface area contributed by atoms with Crippen molar-refractivity contribution in [2.75, 3.05) is 0 Å². The molecule has 0 radical (unpaired) electrons. The van der Waals surface area contributed by atoms with Gasteiger partial charge in [0.05, 0.1) is 12.2 Å². The molecule has 0 aromatic carbocycles. The van der Waals surface area contributed by atoms with Crippen LogP contribution in [0, 0.1) is 10.8 Å². The maximum Gasteiger partial charge on any atom is 0.131 e. The number of rotatable bonds is 0. The van der Waals surface area contributed by atoms with Crippen LogP contribution < -0.4 is 0 Å². The van der Waals surface area contributed by atoms with E-state index >= 15 is 0 Å². The van der Waals surface area contributed by atoms with Crippen LogP contribution in [0.3, 0.4) is 0 Å². The fourth-order valence-electron chi connectivity index (χ4n) is 6.68. The van der Waals surface area contributed by atoms with Gasteiger partial charge in [0.15, 0.2) is 0 Å². The van der Waals surface area contributed by atoms with Crippen LogP contribution in [0.4, 0.5) is 0 Å². The van der Waals surface area contributed by atoms with Gasteiger partial charge in [0.1, 0.15) is 9.87 Å². The maximum atomic E-state index is 6.93. The summed E-state index contributed by atoms with van der Waals surface area (Å²) in [4.78, 5) is -0.139. The highest BCUT2D eigenvalue weighted by atomic mass is 32.2. The Morgan fingerprint density at radius 1 is 0.625 bits per heavy atom. The summed E-state index contributed by atoms with van der Waals surface area (Å²) in [6, 6.07) is 0. The van der Waals surface area contributed by atoms with E-state index in [0.717, 1.165) is 0 Å². The topological polar surface area (TPSA) is 18.5 Å². The van der Waals surface area contributed by atoms with Gasteiger partial charge in [-0.1, -0.05) is 53.4 Å². The van der Waals surface area contributed by atoms with E-state index in [2.05, 4.69) is 51.2 Å². The number of hydrogen-bond donors (Lipinski definition) is 0. The SMILES string of the molecule is CC1(C)C2(O[C@H]3CCCC[C@@H]3S2)C(C)(C)C12O[C@H]1CCCC[C@@H]1S2. The summed E-state index contributed by atoms with van der Waals surface area (Å²) in [6.45, 7) is 9.75. The van der Waals surface area contributed by atoms with Crippen molar-refractivity contribution < 1.29 is 9.47 Å². The number of hydrogen-bond acceptors (Lipinski definition) is 4. The summed E-state index contributed by atoms with van der Waals surface area (Å²) in [5.74, 6) is 0. The molecule has 0 N–H and O–H groups in total. The fraction of sp³-hybridized carbons (Fsp3) is 1.00. The molecule has 2 saturated heterocycles. The third kappa shape index (κ3) is 1.71. The highest BCUT2D eigenvalue weighted by Gasteiger charge is 2.87. The van der Waals surface area contributed by atoms with Crippen LogP contribution in [0.25, 0.3) is 0 Å². The van der Waals surface area contributed by atoms with Crippen LogP contribution in [0.5, 0.6) is 0 Å². The molecule has 136 valence electrons. The first-order chi connectivity index (χ1) is 11.3. The van der Waals surface area contributed by atoms with Crippen LogP contribution in [0.1, 0.15) is 79.1 Å². The summed E-state index contributed by atoms with van der Waals surface area (Å²) in [7, 11) is 0. The highest BCUT2D eigenvalue weighted by Crippen LogP contribution is 2.83. The molecule has 5 rings (SSSR count). The molecule has 0 aromatic rings. The molecule has 4 atom stereocenters. The lowest BCUT2D eigenvalue weighted by Gasteiger charge is -2.74. The first-order valence-electron chi connectivity index (χ1n) is 10.1. The van der Waals surface area contributed by atoms with Gasteiger partial charge >= 0.3 is 0 Å². The second kappa shape index (κ2) is 5.11. The van der Waals surface area contributed by atoms with Gasteiger partial charge in [-0.05, 0) is 25.7 Å². The lowest BCUT2D eigenvalue weighted by molar-refractivity contribution is -0.330. The molecule has 2 aliphatic heterocycles. The van der Waals surface area contributed by atoms with Crippen LogP contribution in [0.15, 0.2) is 0 Å². The molecular formula is C20H32O2S2. The first-order valence-corrected chi connectivity index (χ1v) is 11.8. The Hall–Kier alpha value is 0.620. The predicted molar refractivity (Wildman–Crippen MR) is 102 cm³/mol. The number of ether oxygens (including phenoxy) is 2. The Balaban J connectivity index is 1.50. The van der Waals surface area contributed by atoms with Crippen molar-refractivity contribution in [3.63, 3.8) is 0 Å². The average Bonchev–Trinajstić information content (AvgIpc) is 3.16. The second-order valence-electron chi connectivity index (χ2n) is 9.68. The van der Waals surface area contributed by atoms with Crippen molar-refractivity contribution in [1.82, 2.24) is 0 Å². The Morgan fingerprint density at radius 3 is 1.38 bits per heavy atom. The van der Waals surface area contributed by atoms with Crippen molar-refractivity contribution in [3.8, 4) is 0 Å².